The van der Waals surface area contributed by atoms with Gasteiger partial charge < -0.3 is 14.7 Å². The van der Waals surface area contributed by atoms with Crippen molar-refractivity contribution in [3.63, 3.8) is 0 Å². The molecule has 4 heterocycles. The van der Waals surface area contributed by atoms with Crippen LogP contribution in [0.4, 0.5) is 5.82 Å². The summed E-state index contributed by atoms with van der Waals surface area (Å²) in [5, 5.41) is 0. The maximum atomic E-state index is 4.46. The Bertz CT molecular complexity index is 514. The van der Waals surface area contributed by atoms with E-state index in [2.05, 4.69) is 30.7 Å². The van der Waals surface area contributed by atoms with Crippen LogP contribution in [0, 0.1) is 18.8 Å². The lowest BCUT2D eigenvalue weighted by molar-refractivity contribution is 0.192. The van der Waals surface area contributed by atoms with Gasteiger partial charge in [-0.05, 0) is 44.7 Å². The van der Waals surface area contributed by atoms with E-state index in [0.29, 0.717) is 0 Å². The zero-order chi connectivity index (χ0) is 15.6. The van der Waals surface area contributed by atoms with E-state index >= 15 is 0 Å². The summed E-state index contributed by atoms with van der Waals surface area (Å²) >= 11 is 0. The van der Waals surface area contributed by atoms with Crippen LogP contribution in [0.3, 0.4) is 0 Å². The molecule has 0 saturated carbocycles. The minimum absolute atomic E-state index is 0.826. The maximum absolute atomic E-state index is 4.46. The van der Waals surface area contributed by atoms with Crippen LogP contribution in [0.5, 0.6) is 0 Å². The summed E-state index contributed by atoms with van der Waals surface area (Å²) in [6.45, 7) is 12.1. The molecule has 0 aromatic carbocycles. The van der Waals surface area contributed by atoms with Gasteiger partial charge in [0.15, 0.2) is 0 Å². The molecule has 3 aliphatic heterocycles. The molecule has 1 aromatic rings. The van der Waals surface area contributed by atoms with E-state index in [9.17, 15) is 0 Å². The molecule has 0 amide bonds. The van der Waals surface area contributed by atoms with Crippen molar-refractivity contribution in [1.29, 1.82) is 0 Å². The second-order valence-corrected chi connectivity index (χ2v) is 7.60. The topological polar surface area (TPSA) is 35.5 Å². The molecule has 126 valence electrons. The van der Waals surface area contributed by atoms with Crippen LogP contribution in [0.1, 0.15) is 25.0 Å². The zero-order valence-corrected chi connectivity index (χ0v) is 14.3. The molecule has 0 radical (unpaired) electrons. The molecule has 2 unspecified atom stereocenters. The molecule has 2 atom stereocenters. The van der Waals surface area contributed by atoms with Gasteiger partial charge in [0.2, 0.25) is 0 Å². The first-order chi connectivity index (χ1) is 11.3. The van der Waals surface area contributed by atoms with Crippen LogP contribution in [-0.4, -0.2) is 72.1 Å². The van der Waals surface area contributed by atoms with Crippen LogP contribution in [-0.2, 0) is 0 Å². The summed E-state index contributed by atoms with van der Waals surface area (Å²) < 4.78 is 0. The molecule has 3 fully saturated rings. The molecule has 0 aliphatic carbocycles. The smallest absolute Gasteiger partial charge is 0.132 e. The zero-order valence-electron chi connectivity index (χ0n) is 14.3. The van der Waals surface area contributed by atoms with Gasteiger partial charge in [0.25, 0.3) is 0 Å². The highest BCUT2D eigenvalue weighted by Gasteiger charge is 2.40. The second-order valence-electron chi connectivity index (χ2n) is 7.60. The van der Waals surface area contributed by atoms with Crippen LogP contribution >= 0.6 is 0 Å². The van der Waals surface area contributed by atoms with Gasteiger partial charge in [-0.1, -0.05) is 6.42 Å². The third-order valence-electron chi connectivity index (χ3n) is 5.86. The van der Waals surface area contributed by atoms with Crippen molar-refractivity contribution in [3.05, 3.63) is 18.1 Å². The van der Waals surface area contributed by atoms with Crippen LogP contribution in [0.2, 0.25) is 0 Å². The minimum Gasteiger partial charge on any atom is -0.356 e. The van der Waals surface area contributed by atoms with E-state index in [-0.39, 0.29) is 0 Å². The fourth-order valence-corrected chi connectivity index (χ4v) is 4.54. The average Bonchev–Trinajstić information content (AvgIpc) is 3.12. The number of piperidine rings is 1. The Morgan fingerprint density at radius 3 is 2.30 bits per heavy atom. The molecule has 3 aliphatic rings. The maximum Gasteiger partial charge on any atom is 0.132 e. The fourth-order valence-electron chi connectivity index (χ4n) is 4.54. The molecule has 0 N–H and O–H groups in total. The Morgan fingerprint density at radius 1 is 0.913 bits per heavy atom. The van der Waals surface area contributed by atoms with Crippen molar-refractivity contribution in [1.82, 2.24) is 19.8 Å². The lowest BCUT2D eigenvalue weighted by Gasteiger charge is -2.29. The summed E-state index contributed by atoms with van der Waals surface area (Å²) in [6, 6.07) is 2.12. The summed E-state index contributed by atoms with van der Waals surface area (Å²) in [5.41, 5.74) is 1.07. The first-order valence-electron chi connectivity index (χ1n) is 9.26. The largest absolute Gasteiger partial charge is 0.356 e. The third-order valence-corrected chi connectivity index (χ3v) is 5.86. The number of likely N-dealkylation sites (tertiary alicyclic amines) is 2. The number of fused-ring (bicyclic) bond motifs is 1. The predicted octanol–water partition coefficient (Wildman–Crippen LogP) is 1.64. The van der Waals surface area contributed by atoms with Gasteiger partial charge in [-0.15, -0.1) is 0 Å². The number of hydrogen-bond acceptors (Lipinski definition) is 5. The average molecular weight is 315 g/mol. The van der Waals surface area contributed by atoms with Crippen molar-refractivity contribution in [2.45, 2.75) is 26.2 Å². The van der Waals surface area contributed by atoms with Crippen molar-refractivity contribution in [2.75, 3.05) is 57.3 Å². The van der Waals surface area contributed by atoms with E-state index < -0.39 is 0 Å². The fraction of sp³-hybridized carbons (Fsp3) is 0.778. The Hall–Kier alpha value is -1.20. The first-order valence-corrected chi connectivity index (χ1v) is 9.26. The number of aryl methyl sites for hydroxylation is 1. The number of hydrogen-bond donors (Lipinski definition) is 0. The number of anilines is 1. The Morgan fingerprint density at radius 2 is 1.61 bits per heavy atom. The Labute approximate surface area is 139 Å². The highest BCUT2D eigenvalue weighted by molar-refractivity contribution is 5.40. The monoisotopic (exact) mass is 315 g/mol. The van der Waals surface area contributed by atoms with Gasteiger partial charge in [0.05, 0.1) is 0 Å². The van der Waals surface area contributed by atoms with Crippen molar-refractivity contribution in [3.8, 4) is 0 Å². The summed E-state index contributed by atoms with van der Waals surface area (Å²) in [7, 11) is 0. The van der Waals surface area contributed by atoms with Crippen molar-refractivity contribution < 1.29 is 0 Å². The predicted molar refractivity (Wildman–Crippen MR) is 92.7 cm³/mol. The van der Waals surface area contributed by atoms with Gasteiger partial charge in [-0.2, -0.15) is 0 Å². The summed E-state index contributed by atoms with van der Waals surface area (Å²) in [4.78, 5) is 16.5. The molecule has 5 heteroatoms. The van der Waals surface area contributed by atoms with Crippen LogP contribution in [0.25, 0.3) is 0 Å². The minimum atomic E-state index is 0.826. The van der Waals surface area contributed by atoms with Gasteiger partial charge in [-0.3, -0.25) is 0 Å². The Kier molecular flexibility index (Phi) is 4.49. The van der Waals surface area contributed by atoms with E-state index in [1.807, 2.05) is 6.92 Å². The molecular weight excluding hydrogens is 286 g/mol. The third kappa shape index (κ3) is 3.50. The Balaban J connectivity index is 1.26. The SMILES string of the molecule is Cc1cc(N2CC3CN(CCN4CCCCC4)CC3C2)ncn1. The van der Waals surface area contributed by atoms with Gasteiger partial charge in [0, 0.05) is 51.0 Å². The van der Waals surface area contributed by atoms with E-state index in [1.54, 1.807) is 6.33 Å². The van der Waals surface area contributed by atoms with Crippen molar-refractivity contribution in [2.24, 2.45) is 11.8 Å². The van der Waals surface area contributed by atoms with Crippen LogP contribution < -0.4 is 4.90 Å². The van der Waals surface area contributed by atoms with Crippen LogP contribution in [0.15, 0.2) is 12.4 Å². The molecule has 0 bridgehead atoms. The van der Waals surface area contributed by atoms with Gasteiger partial charge >= 0.3 is 0 Å². The highest BCUT2D eigenvalue weighted by Crippen LogP contribution is 2.33. The van der Waals surface area contributed by atoms with Gasteiger partial charge in [0.1, 0.15) is 12.1 Å². The number of nitrogens with zero attached hydrogens (tertiary/aromatic N) is 5. The second kappa shape index (κ2) is 6.73. The first kappa shape index (κ1) is 15.3. The van der Waals surface area contributed by atoms with E-state index in [1.165, 1.54) is 71.6 Å². The van der Waals surface area contributed by atoms with E-state index in [4.69, 9.17) is 0 Å². The quantitative estimate of drug-likeness (QED) is 0.844. The highest BCUT2D eigenvalue weighted by atomic mass is 15.3. The molecule has 1 aromatic heterocycles. The lowest BCUT2D eigenvalue weighted by Crippen LogP contribution is -2.38. The summed E-state index contributed by atoms with van der Waals surface area (Å²) in [5.74, 6) is 2.77. The van der Waals surface area contributed by atoms with Gasteiger partial charge in [-0.25, -0.2) is 9.97 Å². The molecule has 23 heavy (non-hydrogen) atoms. The molecular formula is C18H29N5. The normalized spacial score (nSPS) is 29.2. The van der Waals surface area contributed by atoms with E-state index in [0.717, 1.165) is 23.3 Å². The lowest BCUT2D eigenvalue weighted by atomic mass is 10.0. The molecule has 4 rings (SSSR count). The number of aromatic nitrogens is 2. The standard InChI is InChI=1S/C18H29N5/c1-15-9-18(20-14-19-15)23-12-16-10-22(11-17(16)13-23)8-7-21-5-3-2-4-6-21/h9,14,16-17H,2-8,10-13H2,1H3. The molecule has 3 saturated heterocycles. The number of rotatable bonds is 4. The van der Waals surface area contributed by atoms with Crippen molar-refractivity contribution >= 4 is 5.82 Å². The molecule has 5 nitrogen and oxygen atoms in total. The summed E-state index contributed by atoms with van der Waals surface area (Å²) in [6.07, 6.45) is 5.93. The molecule has 0 spiro atoms.